The average Bonchev–Trinajstić information content (AvgIpc) is 2.44. The van der Waals surface area contributed by atoms with Crippen molar-refractivity contribution < 1.29 is 0 Å². The lowest BCUT2D eigenvalue weighted by atomic mass is 10.3. The highest BCUT2D eigenvalue weighted by Gasteiger charge is 2.04. The van der Waals surface area contributed by atoms with E-state index in [2.05, 4.69) is 42.9 Å². The Balaban J connectivity index is 2.78. The van der Waals surface area contributed by atoms with E-state index in [9.17, 15) is 0 Å². The zero-order valence-electron chi connectivity index (χ0n) is 6.05. The predicted octanol–water partition coefficient (Wildman–Crippen LogP) is 3.95. The van der Waals surface area contributed by atoms with Crippen LogP contribution in [0.25, 0.3) is 10.1 Å². The van der Waals surface area contributed by atoms with Gasteiger partial charge in [0, 0.05) is 11.5 Å². The van der Waals surface area contributed by atoms with Crippen LogP contribution < -0.4 is 0 Å². The summed E-state index contributed by atoms with van der Waals surface area (Å²) < 4.78 is 2.42. The molecule has 0 radical (unpaired) electrons. The van der Waals surface area contributed by atoms with E-state index < -0.39 is 0 Å². The molecule has 2 heterocycles. The summed E-state index contributed by atoms with van der Waals surface area (Å²) in [5.74, 6) is 0. The molecule has 0 aliphatic carbocycles. The Bertz CT molecular complexity index is 410. The van der Waals surface area contributed by atoms with Crippen LogP contribution in [0.3, 0.4) is 0 Å². The molecule has 0 spiro atoms. The molecule has 2 rings (SSSR count). The van der Waals surface area contributed by atoms with E-state index >= 15 is 0 Å². The quantitative estimate of drug-likeness (QED) is 0.727. The zero-order valence-corrected chi connectivity index (χ0v) is 10.0. The summed E-state index contributed by atoms with van der Waals surface area (Å²) in [5, 5.41) is 2.08. The van der Waals surface area contributed by atoms with Crippen molar-refractivity contribution in [1.29, 1.82) is 0 Å². The van der Waals surface area contributed by atoms with Crippen LogP contribution in [-0.2, 0) is 5.33 Å². The predicted molar refractivity (Wildman–Crippen MR) is 60.0 cm³/mol. The third-order valence-corrected chi connectivity index (χ3v) is 3.84. The largest absolute Gasteiger partial charge is 0.259 e. The summed E-state index contributed by atoms with van der Waals surface area (Å²) in [5.41, 5.74) is 1.11. The minimum Gasteiger partial charge on any atom is -0.259 e. The van der Waals surface area contributed by atoms with Gasteiger partial charge in [0.05, 0.1) is 14.2 Å². The Morgan fingerprint density at radius 2 is 2.33 bits per heavy atom. The molecule has 0 bridgehead atoms. The Morgan fingerprint density at radius 3 is 3.08 bits per heavy atom. The van der Waals surface area contributed by atoms with Gasteiger partial charge in [0.2, 0.25) is 0 Å². The highest BCUT2D eigenvalue weighted by atomic mass is 79.9. The zero-order chi connectivity index (χ0) is 8.55. The lowest BCUT2D eigenvalue weighted by Crippen LogP contribution is -1.81. The fourth-order valence-electron chi connectivity index (χ4n) is 1.08. The minimum absolute atomic E-state index is 0.817. The van der Waals surface area contributed by atoms with Crippen molar-refractivity contribution in [1.82, 2.24) is 4.98 Å². The summed E-state index contributed by atoms with van der Waals surface area (Å²) in [6.45, 7) is 0. The van der Waals surface area contributed by atoms with Gasteiger partial charge in [0.15, 0.2) is 0 Å². The first-order valence-electron chi connectivity index (χ1n) is 3.40. The second-order valence-electron chi connectivity index (χ2n) is 2.36. The van der Waals surface area contributed by atoms with Crippen molar-refractivity contribution in [2.75, 3.05) is 0 Å². The van der Waals surface area contributed by atoms with E-state index in [4.69, 9.17) is 0 Å². The van der Waals surface area contributed by atoms with Crippen molar-refractivity contribution in [2.24, 2.45) is 0 Å². The van der Waals surface area contributed by atoms with Crippen molar-refractivity contribution in [3.8, 4) is 0 Å². The molecule has 0 unspecified atom stereocenters. The van der Waals surface area contributed by atoms with Crippen LogP contribution in [0.2, 0.25) is 0 Å². The number of hydrogen-bond donors (Lipinski definition) is 0. The highest BCUT2D eigenvalue weighted by molar-refractivity contribution is 9.11. The second kappa shape index (κ2) is 3.44. The average molecular weight is 307 g/mol. The Labute approximate surface area is 91.1 Å². The second-order valence-corrected chi connectivity index (χ2v) is 5.35. The number of alkyl halides is 1. The third kappa shape index (κ3) is 1.43. The summed E-state index contributed by atoms with van der Waals surface area (Å²) in [4.78, 5) is 4.28. The van der Waals surface area contributed by atoms with Gasteiger partial charge in [-0.3, -0.25) is 4.98 Å². The minimum atomic E-state index is 0.817. The number of rotatable bonds is 1. The van der Waals surface area contributed by atoms with Gasteiger partial charge in [-0.05, 0) is 33.4 Å². The van der Waals surface area contributed by atoms with Gasteiger partial charge in [0.25, 0.3) is 0 Å². The normalized spacial score (nSPS) is 10.8. The van der Waals surface area contributed by atoms with Crippen LogP contribution in [-0.4, -0.2) is 4.98 Å². The highest BCUT2D eigenvalue weighted by Crippen LogP contribution is 2.31. The van der Waals surface area contributed by atoms with Crippen molar-refractivity contribution in [3.05, 3.63) is 27.8 Å². The smallest absolute Gasteiger partial charge is 0.0711 e. The molecule has 0 N–H and O–H groups in total. The van der Waals surface area contributed by atoms with Gasteiger partial charge in [0.1, 0.15) is 0 Å². The SMILES string of the molecule is BrCc1nccc2cc(Br)sc12. The standard InChI is InChI=1S/C8H5Br2NS/c9-4-6-8-5(1-2-11-6)3-7(10)12-8/h1-3H,4H2. The molecular formula is C8H5Br2NS. The first-order chi connectivity index (χ1) is 5.81. The molecule has 0 amide bonds. The molecular weight excluding hydrogens is 302 g/mol. The number of nitrogens with zero attached hydrogens (tertiary/aromatic N) is 1. The molecule has 2 aromatic rings. The third-order valence-electron chi connectivity index (χ3n) is 1.60. The van der Waals surface area contributed by atoms with E-state index in [0.717, 1.165) is 14.8 Å². The lowest BCUT2D eigenvalue weighted by molar-refractivity contribution is 1.23. The molecule has 12 heavy (non-hydrogen) atoms. The number of thiophene rings is 1. The van der Waals surface area contributed by atoms with Crippen LogP contribution in [0, 0.1) is 0 Å². The van der Waals surface area contributed by atoms with Gasteiger partial charge >= 0.3 is 0 Å². The van der Waals surface area contributed by atoms with Crippen LogP contribution in [0.1, 0.15) is 5.69 Å². The molecule has 0 saturated heterocycles. The molecule has 0 aliphatic rings. The summed E-state index contributed by atoms with van der Waals surface area (Å²) in [6.07, 6.45) is 1.85. The fourth-order valence-corrected chi connectivity index (χ4v) is 3.30. The molecule has 0 aromatic carbocycles. The fraction of sp³-hybridized carbons (Fsp3) is 0.125. The van der Waals surface area contributed by atoms with E-state index in [1.54, 1.807) is 11.3 Å². The van der Waals surface area contributed by atoms with E-state index in [-0.39, 0.29) is 0 Å². The summed E-state index contributed by atoms with van der Waals surface area (Å²) in [7, 11) is 0. The summed E-state index contributed by atoms with van der Waals surface area (Å²) >= 11 is 8.61. The molecule has 62 valence electrons. The molecule has 0 fully saturated rings. The van der Waals surface area contributed by atoms with Gasteiger partial charge < -0.3 is 0 Å². The Hall–Kier alpha value is 0.0700. The van der Waals surface area contributed by atoms with E-state index in [1.165, 1.54) is 10.1 Å². The summed E-state index contributed by atoms with van der Waals surface area (Å²) in [6, 6.07) is 4.15. The topological polar surface area (TPSA) is 12.9 Å². The van der Waals surface area contributed by atoms with Gasteiger partial charge in [-0.1, -0.05) is 15.9 Å². The van der Waals surface area contributed by atoms with Gasteiger partial charge in [-0.2, -0.15) is 0 Å². The van der Waals surface area contributed by atoms with E-state index in [1.807, 2.05) is 12.3 Å². The van der Waals surface area contributed by atoms with E-state index in [0.29, 0.717) is 0 Å². The van der Waals surface area contributed by atoms with Crippen molar-refractivity contribution in [3.63, 3.8) is 0 Å². The molecule has 4 heteroatoms. The van der Waals surface area contributed by atoms with Crippen LogP contribution in [0.15, 0.2) is 22.1 Å². The maximum atomic E-state index is 4.28. The van der Waals surface area contributed by atoms with Gasteiger partial charge in [-0.15, -0.1) is 11.3 Å². The van der Waals surface area contributed by atoms with Gasteiger partial charge in [-0.25, -0.2) is 0 Å². The van der Waals surface area contributed by atoms with Crippen molar-refractivity contribution >= 4 is 53.3 Å². The maximum Gasteiger partial charge on any atom is 0.0711 e. The Morgan fingerprint density at radius 1 is 1.50 bits per heavy atom. The first kappa shape index (κ1) is 8.66. The number of aromatic nitrogens is 1. The molecule has 0 atom stereocenters. The number of fused-ring (bicyclic) bond motifs is 1. The van der Waals surface area contributed by atoms with Crippen molar-refractivity contribution in [2.45, 2.75) is 5.33 Å². The number of hydrogen-bond acceptors (Lipinski definition) is 2. The van der Waals surface area contributed by atoms with Crippen LogP contribution >= 0.6 is 43.2 Å². The van der Waals surface area contributed by atoms with Crippen LogP contribution in [0.4, 0.5) is 0 Å². The monoisotopic (exact) mass is 305 g/mol. The number of pyridine rings is 1. The molecule has 0 aliphatic heterocycles. The number of halogens is 2. The maximum absolute atomic E-state index is 4.28. The Kier molecular flexibility index (Phi) is 2.48. The first-order valence-corrected chi connectivity index (χ1v) is 6.13. The van der Waals surface area contributed by atoms with Crippen LogP contribution in [0.5, 0.6) is 0 Å². The lowest BCUT2D eigenvalue weighted by Gasteiger charge is -1.94. The molecule has 0 saturated carbocycles. The molecule has 1 nitrogen and oxygen atoms in total. The molecule has 2 aromatic heterocycles.